The van der Waals surface area contributed by atoms with E-state index in [-0.39, 0.29) is 0 Å². The monoisotopic (exact) mass is 265 g/mol. The minimum atomic E-state index is 0.495. The Bertz CT molecular complexity index is 464. The second-order valence-corrected chi connectivity index (χ2v) is 5.98. The molecule has 0 fully saturated rings. The third kappa shape index (κ3) is 3.03. The van der Waals surface area contributed by atoms with E-state index in [1.165, 1.54) is 27.8 Å². The molecule has 0 spiro atoms. The molecule has 1 nitrogen and oxygen atoms in total. The van der Waals surface area contributed by atoms with Crippen molar-refractivity contribution in [2.24, 2.45) is 0 Å². The molecule has 1 aromatic carbocycles. The second kappa shape index (κ2) is 6.43. The van der Waals surface area contributed by atoms with Gasteiger partial charge in [-0.1, -0.05) is 25.1 Å². The average molecular weight is 265 g/mol. The summed E-state index contributed by atoms with van der Waals surface area (Å²) in [5, 5.41) is 7.17. The SMILES string of the molecule is CCNC(CCSC)c1cccc2ccsc12. The lowest BCUT2D eigenvalue weighted by atomic mass is 10.0. The van der Waals surface area contributed by atoms with Crippen LogP contribution >= 0.6 is 23.1 Å². The van der Waals surface area contributed by atoms with Crippen LogP contribution in [0.1, 0.15) is 24.9 Å². The largest absolute Gasteiger partial charge is 0.310 e. The molecule has 17 heavy (non-hydrogen) atoms. The molecule has 1 N–H and O–H groups in total. The Morgan fingerprint density at radius 3 is 3.00 bits per heavy atom. The minimum absolute atomic E-state index is 0.495. The van der Waals surface area contributed by atoms with Crippen LogP contribution in [0.4, 0.5) is 0 Å². The normalized spacial score (nSPS) is 13.1. The van der Waals surface area contributed by atoms with Crippen LogP contribution in [0.3, 0.4) is 0 Å². The van der Waals surface area contributed by atoms with E-state index in [9.17, 15) is 0 Å². The van der Waals surface area contributed by atoms with Crippen molar-refractivity contribution >= 4 is 33.2 Å². The molecule has 0 aliphatic heterocycles. The number of hydrogen-bond acceptors (Lipinski definition) is 3. The molecule has 3 heteroatoms. The van der Waals surface area contributed by atoms with Gasteiger partial charge < -0.3 is 5.32 Å². The van der Waals surface area contributed by atoms with Gasteiger partial charge in [0.2, 0.25) is 0 Å². The smallest absolute Gasteiger partial charge is 0.0390 e. The van der Waals surface area contributed by atoms with Gasteiger partial charge in [0.25, 0.3) is 0 Å². The fourth-order valence-corrected chi connectivity index (χ4v) is 3.58. The molecule has 1 unspecified atom stereocenters. The Hall–Kier alpha value is -0.510. The third-order valence-electron chi connectivity index (χ3n) is 2.95. The van der Waals surface area contributed by atoms with Crippen molar-refractivity contribution < 1.29 is 0 Å². The quantitative estimate of drug-likeness (QED) is 0.835. The topological polar surface area (TPSA) is 12.0 Å². The molecule has 2 rings (SSSR count). The van der Waals surface area contributed by atoms with Gasteiger partial charge in [0, 0.05) is 10.7 Å². The zero-order valence-electron chi connectivity index (χ0n) is 10.4. The maximum absolute atomic E-state index is 3.61. The number of nitrogens with one attached hydrogen (secondary N) is 1. The molecular formula is C14H19NS2. The first-order valence-corrected chi connectivity index (χ1v) is 8.32. The van der Waals surface area contributed by atoms with Gasteiger partial charge in [-0.05, 0) is 47.4 Å². The second-order valence-electron chi connectivity index (χ2n) is 4.08. The number of hydrogen-bond donors (Lipinski definition) is 1. The van der Waals surface area contributed by atoms with Crippen molar-refractivity contribution in [2.45, 2.75) is 19.4 Å². The Balaban J connectivity index is 2.30. The van der Waals surface area contributed by atoms with E-state index < -0.39 is 0 Å². The molecule has 0 bridgehead atoms. The highest BCUT2D eigenvalue weighted by Gasteiger charge is 2.13. The first kappa shape index (κ1) is 12.9. The Labute approximate surface area is 112 Å². The summed E-state index contributed by atoms with van der Waals surface area (Å²) in [4.78, 5) is 0. The Morgan fingerprint density at radius 1 is 1.35 bits per heavy atom. The Morgan fingerprint density at radius 2 is 2.24 bits per heavy atom. The molecule has 1 atom stereocenters. The predicted molar refractivity (Wildman–Crippen MR) is 81.2 cm³/mol. The van der Waals surface area contributed by atoms with Crippen LogP contribution in [-0.4, -0.2) is 18.6 Å². The molecule has 92 valence electrons. The van der Waals surface area contributed by atoms with E-state index in [0.717, 1.165) is 6.54 Å². The van der Waals surface area contributed by atoms with Crippen molar-refractivity contribution in [1.82, 2.24) is 5.32 Å². The molecule has 2 aromatic rings. The highest BCUT2D eigenvalue weighted by Crippen LogP contribution is 2.30. The third-order valence-corrected chi connectivity index (χ3v) is 4.57. The van der Waals surface area contributed by atoms with Crippen molar-refractivity contribution in [1.29, 1.82) is 0 Å². The first-order valence-electron chi connectivity index (χ1n) is 6.05. The summed E-state index contributed by atoms with van der Waals surface area (Å²) in [7, 11) is 0. The number of thiophene rings is 1. The van der Waals surface area contributed by atoms with Crippen molar-refractivity contribution in [3.63, 3.8) is 0 Å². The standard InChI is InChI=1S/C14H19NS2/c1-3-15-13(8-9-16-2)12-6-4-5-11-7-10-17-14(11)12/h4-7,10,13,15H,3,8-9H2,1-2H3. The summed E-state index contributed by atoms with van der Waals surface area (Å²) in [6, 6.07) is 9.35. The number of thioether (sulfide) groups is 1. The highest BCUT2D eigenvalue weighted by atomic mass is 32.2. The van der Waals surface area contributed by atoms with Crippen LogP contribution in [0.2, 0.25) is 0 Å². The molecular weight excluding hydrogens is 246 g/mol. The molecule has 1 aromatic heterocycles. The molecule has 0 aliphatic rings. The zero-order chi connectivity index (χ0) is 12.1. The van der Waals surface area contributed by atoms with Gasteiger partial charge in [0.05, 0.1) is 0 Å². The zero-order valence-corrected chi connectivity index (χ0v) is 12.0. The van der Waals surface area contributed by atoms with E-state index in [4.69, 9.17) is 0 Å². The van der Waals surface area contributed by atoms with Gasteiger partial charge in [-0.3, -0.25) is 0 Å². The summed E-state index contributed by atoms with van der Waals surface area (Å²) in [5.41, 5.74) is 1.47. The van der Waals surface area contributed by atoms with Crippen LogP contribution in [0.5, 0.6) is 0 Å². The van der Waals surface area contributed by atoms with E-state index >= 15 is 0 Å². The van der Waals surface area contributed by atoms with Crippen LogP contribution in [0.25, 0.3) is 10.1 Å². The van der Waals surface area contributed by atoms with E-state index in [0.29, 0.717) is 6.04 Å². The molecule has 1 heterocycles. The molecule has 0 saturated carbocycles. The number of benzene rings is 1. The van der Waals surface area contributed by atoms with Crippen molar-refractivity contribution in [2.75, 3.05) is 18.6 Å². The van der Waals surface area contributed by atoms with Crippen molar-refractivity contribution in [3.8, 4) is 0 Å². The minimum Gasteiger partial charge on any atom is -0.310 e. The van der Waals surface area contributed by atoms with Gasteiger partial charge in [-0.2, -0.15) is 11.8 Å². The lowest BCUT2D eigenvalue weighted by Crippen LogP contribution is -2.21. The highest BCUT2D eigenvalue weighted by molar-refractivity contribution is 7.98. The van der Waals surface area contributed by atoms with E-state index in [1.54, 1.807) is 0 Å². The molecule has 0 saturated heterocycles. The van der Waals surface area contributed by atoms with Crippen LogP contribution in [-0.2, 0) is 0 Å². The molecule has 0 aliphatic carbocycles. The lowest BCUT2D eigenvalue weighted by Gasteiger charge is -2.18. The van der Waals surface area contributed by atoms with Crippen LogP contribution in [0.15, 0.2) is 29.6 Å². The van der Waals surface area contributed by atoms with Gasteiger partial charge in [0.1, 0.15) is 0 Å². The average Bonchev–Trinajstić information content (AvgIpc) is 2.82. The van der Waals surface area contributed by atoms with Crippen LogP contribution < -0.4 is 5.32 Å². The fourth-order valence-electron chi connectivity index (χ4n) is 2.14. The van der Waals surface area contributed by atoms with Crippen LogP contribution in [0, 0.1) is 0 Å². The summed E-state index contributed by atoms with van der Waals surface area (Å²) in [5.74, 6) is 1.21. The summed E-state index contributed by atoms with van der Waals surface area (Å²) >= 11 is 3.78. The number of fused-ring (bicyclic) bond motifs is 1. The van der Waals surface area contributed by atoms with Gasteiger partial charge >= 0.3 is 0 Å². The van der Waals surface area contributed by atoms with Gasteiger partial charge in [0.15, 0.2) is 0 Å². The fraction of sp³-hybridized carbons (Fsp3) is 0.429. The molecule has 0 amide bonds. The number of rotatable bonds is 6. The van der Waals surface area contributed by atoms with E-state index in [2.05, 4.69) is 48.1 Å². The first-order chi connectivity index (χ1) is 8.36. The van der Waals surface area contributed by atoms with Crippen molar-refractivity contribution in [3.05, 3.63) is 35.2 Å². The molecule has 0 radical (unpaired) electrons. The Kier molecular flexibility index (Phi) is 4.89. The summed E-state index contributed by atoms with van der Waals surface area (Å²) in [6.45, 7) is 3.21. The summed E-state index contributed by atoms with van der Waals surface area (Å²) in [6.07, 6.45) is 3.38. The maximum atomic E-state index is 3.61. The van der Waals surface area contributed by atoms with Gasteiger partial charge in [-0.25, -0.2) is 0 Å². The van der Waals surface area contributed by atoms with E-state index in [1.807, 2.05) is 23.1 Å². The summed E-state index contributed by atoms with van der Waals surface area (Å²) < 4.78 is 1.44. The predicted octanol–water partition coefficient (Wildman–Crippen LogP) is 4.31. The lowest BCUT2D eigenvalue weighted by molar-refractivity contribution is 0.545. The van der Waals surface area contributed by atoms with Gasteiger partial charge in [-0.15, -0.1) is 11.3 Å². The maximum Gasteiger partial charge on any atom is 0.0390 e.